The van der Waals surface area contributed by atoms with Crippen LogP contribution in [0.1, 0.15) is 25.7 Å². The Balaban J connectivity index is 1.71. The summed E-state index contributed by atoms with van der Waals surface area (Å²) in [6.45, 7) is 1.78. The number of rotatable bonds is 4. The van der Waals surface area contributed by atoms with E-state index in [4.69, 9.17) is 9.47 Å². The zero-order valence-electron chi connectivity index (χ0n) is 8.18. The zero-order valence-corrected chi connectivity index (χ0v) is 12.5. The third-order valence-corrected chi connectivity index (χ3v) is 6.33. The molecule has 0 bridgehead atoms. The van der Waals surface area contributed by atoms with Gasteiger partial charge in [-0.2, -0.15) is 0 Å². The Morgan fingerprint density at radius 2 is 2.21 bits per heavy atom. The SMILES string of the molecule is ICC1(COC2CCCCO2)CC1I. The van der Waals surface area contributed by atoms with Crippen LogP contribution in [0.25, 0.3) is 0 Å². The highest BCUT2D eigenvalue weighted by atomic mass is 127. The van der Waals surface area contributed by atoms with Gasteiger partial charge in [0.2, 0.25) is 0 Å². The highest BCUT2D eigenvalue weighted by molar-refractivity contribution is 14.1. The summed E-state index contributed by atoms with van der Waals surface area (Å²) in [6.07, 6.45) is 4.96. The van der Waals surface area contributed by atoms with Gasteiger partial charge in [0.25, 0.3) is 0 Å². The summed E-state index contributed by atoms with van der Waals surface area (Å²) in [5, 5.41) is 0. The normalized spacial score (nSPS) is 42.4. The highest BCUT2D eigenvalue weighted by Crippen LogP contribution is 2.53. The van der Waals surface area contributed by atoms with Crippen molar-refractivity contribution in [2.24, 2.45) is 5.41 Å². The first kappa shape index (κ1) is 11.9. The van der Waals surface area contributed by atoms with Crippen LogP contribution < -0.4 is 0 Å². The van der Waals surface area contributed by atoms with Crippen molar-refractivity contribution >= 4 is 45.2 Å². The predicted molar refractivity (Wildman–Crippen MR) is 73.3 cm³/mol. The van der Waals surface area contributed by atoms with Crippen LogP contribution in [-0.2, 0) is 9.47 Å². The van der Waals surface area contributed by atoms with E-state index in [9.17, 15) is 0 Å². The summed E-state index contributed by atoms with van der Waals surface area (Å²) in [5.74, 6) is 0. The number of alkyl halides is 2. The molecule has 4 heteroatoms. The molecular formula is C10H16I2O2. The van der Waals surface area contributed by atoms with E-state index in [-0.39, 0.29) is 6.29 Å². The van der Waals surface area contributed by atoms with E-state index in [0.717, 1.165) is 23.6 Å². The van der Waals surface area contributed by atoms with Crippen LogP contribution in [0.4, 0.5) is 0 Å². The first-order chi connectivity index (χ1) is 6.77. The second-order valence-electron chi connectivity index (χ2n) is 4.27. The smallest absolute Gasteiger partial charge is 0.157 e. The van der Waals surface area contributed by atoms with Crippen molar-refractivity contribution in [2.45, 2.75) is 35.9 Å². The standard InChI is InChI=1S/C10H16I2O2/c11-6-10(5-8(10)12)7-14-9-3-1-2-4-13-9/h8-9H,1-7H2. The Bertz CT molecular complexity index is 191. The van der Waals surface area contributed by atoms with Crippen molar-refractivity contribution in [3.05, 3.63) is 0 Å². The molecule has 82 valence electrons. The molecule has 3 unspecified atom stereocenters. The van der Waals surface area contributed by atoms with E-state index in [2.05, 4.69) is 45.2 Å². The molecule has 3 atom stereocenters. The predicted octanol–water partition coefficient (Wildman–Crippen LogP) is 3.16. The van der Waals surface area contributed by atoms with Crippen LogP contribution in [0.2, 0.25) is 0 Å². The number of ether oxygens (including phenoxy) is 2. The van der Waals surface area contributed by atoms with Crippen LogP contribution in [0, 0.1) is 5.41 Å². The minimum absolute atomic E-state index is 0.0905. The maximum atomic E-state index is 5.84. The summed E-state index contributed by atoms with van der Waals surface area (Å²) in [4.78, 5) is 0. The van der Waals surface area contributed by atoms with Gasteiger partial charge in [-0.15, -0.1) is 0 Å². The number of halogens is 2. The molecule has 1 saturated heterocycles. The zero-order chi connectivity index (χ0) is 10.0. The maximum absolute atomic E-state index is 5.84. The van der Waals surface area contributed by atoms with Gasteiger partial charge in [0.1, 0.15) is 0 Å². The molecule has 1 heterocycles. The third-order valence-electron chi connectivity index (χ3n) is 3.05. The van der Waals surface area contributed by atoms with Crippen molar-refractivity contribution in [3.8, 4) is 0 Å². The molecule has 1 aliphatic carbocycles. The lowest BCUT2D eigenvalue weighted by atomic mass is 10.1. The molecule has 0 aromatic rings. The van der Waals surface area contributed by atoms with Crippen LogP contribution in [0.15, 0.2) is 0 Å². The second kappa shape index (κ2) is 5.14. The van der Waals surface area contributed by atoms with E-state index in [0.29, 0.717) is 5.41 Å². The molecule has 0 N–H and O–H groups in total. The average molecular weight is 422 g/mol. The fourth-order valence-electron chi connectivity index (χ4n) is 1.73. The van der Waals surface area contributed by atoms with Gasteiger partial charge in [-0.05, 0) is 25.7 Å². The summed E-state index contributed by atoms with van der Waals surface area (Å²) in [6, 6.07) is 0. The molecule has 2 nitrogen and oxygen atoms in total. The largest absolute Gasteiger partial charge is 0.353 e. The van der Waals surface area contributed by atoms with E-state index in [1.165, 1.54) is 23.7 Å². The number of hydrogen-bond acceptors (Lipinski definition) is 2. The molecule has 2 rings (SSSR count). The van der Waals surface area contributed by atoms with E-state index >= 15 is 0 Å². The van der Waals surface area contributed by atoms with E-state index in [1.807, 2.05) is 0 Å². The molecule has 2 fully saturated rings. The van der Waals surface area contributed by atoms with Crippen LogP contribution in [-0.4, -0.2) is 27.9 Å². The van der Waals surface area contributed by atoms with E-state index in [1.54, 1.807) is 0 Å². The Morgan fingerprint density at radius 1 is 1.43 bits per heavy atom. The van der Waals surface area contributed by atoms with Crippen LogP contribution in [0.5, 0.6) is 0 Å². The van der Waals surface area contributed by atoms with Gasteiger partial charge in [-0.3, -0.25) is 0 Å². The van der Waals surface area contributed by atoms with Gasteiger partial charge in [0.15, 0.2) is 6.29 Å². The Morgan fingerprint density at radius 3 is 2.71 bits per heavy atom. The fraction of sp³-hybridized carbons (Fsp3) is 1.00. The molecule has 0 aromatic heterocycles. The van der Waals surface area contributed by atoms with E-state index < -0.39 is 0 Å². The van der Waals surface area contributed by atoms with Crippen LogP contribution in [0.3, 0.4) is 0 Å². The maximum Gasteiger partial charge on any atom is 0.157 e. The first-order valence-corrected chi connectivity index (χ1v) is 7.97. The van der Waals surface area contributed by atoms with Crippen molar-refractivity contribution in [3.63, 3.8) is 0 Å². The van der Waals surface area contributed by atoms with Crippen molar-refractivity contribution in [1.82, 2.24) is 0 Å². The minimum atomic E-state index is 0.0905. The summed E-state index contributed by atoms with van der Waals surface area (Å²) >= 11 is 5.01. The first-order valence-electron chi connectivity index (χ1n) is 5.20. The van der Waals surface area contributed by atoms with Crippen molar-refractivity contribution in [2.75, 3.05) is 17.6 Å². The topological polar surface area (TPSA) is 18.5 Å². The molecule has 0 amide bonds. The van der Waals surface area contributed by atoms with Crippen LogP contribution >= 0.6 is 45.2 Å². The molecule has 0 spiro atoms. The minimum Gasteiger partial charge on any atom is -0.353 e. The molecule has 14 heavy (non-hydrogen) atoms. The van der Waals surface area contributed by atoms with Gasteiger partial charge in [0.05, 0.1) is 6.61 Å². The Kier molecular flexibility index (Phi) is 4.35. The van der Waals surface area contributed by atoms with Gasteiger partial charge in [-0.25, -0.2) is 0 Å². The molecule has 1 saturated carbocycles. The quantitative estimate of drug-likeness (QED) is 0.512. The average Bonchev–Trinajstić information content (AvgIpc) is 2.89. The summed E-state index contributed by atoms with van der Waals surface area (Å²) in [5.41, 5.74) is 0.474. The summed E-state index contributed by atoms with van der Waals surface area (Å²) in [7, 11) is 0. The lowest BCUT2D eigenvalue weighted by Gasteiger charge is -2.24. The third kappa shape index (κ3) is 2.74. The lowest BCUT2D eigenvalue weighted by Crippen LogP contribution is -2.26. The fourth-order valence-corrected chi connectivity index (χ4v) is 4.91. The van der Waals surface area contributed by atoms with Crippen molar-refractivity contribution < 1.29 is 9.47 Å². The van der Waals surface area contributed by atoms with Gasteiger partial charge >= 0.3 is 0 Å². The van der Waals surface area contributed by atoms with Crippen molar-refractivity contribution in [1.29, 1.82) is 0 Å². The molecule has 0 radical (unpaired) electrons. The van der Waals surface area contributed by atoms with Gasteiger partial charge in [0, 0.05) is 20.4 Å². The highest BCUT2D eigenvalue weighted by Gasteiger charge is 2.52. The molecular weight excluding hydrogens is 406 g/mol. The summed E-state index contributed by atoms with van der Waals surface area (Å²) < 4.78 is 13.4. The second-order valence-corrected chi connectivity index (χ2v) is 6.54. The number of hydrogen-bond donors (Lipinski definition) is 0. The van der Waals surface area contributed by atoms with Gasteiger partial charge in [-0.1, -0.05) is 45.2 Å². The molecule has 0 aromatic carbocycles. The molecule has 1 aliphatic heterocycles. The monoisotopic (exact) mass is 422 g/mol. The lowest BCUT2D eigenvalue weighted by molar-refractivity contribution is -0.169. The van der Waals surface area contributed by atoms with Gasteiger partial charge < -0.3 is 9.47 Å². The molecule has 2 aliphatic rings. The Hall–Kier alpha value is 1.38. The Labute approximate surface area is 113 Å².